The number of ether oxygens (including phenoxy) is 2. The number of phenolic OH excluding ortho intramolecular Hbond substituents is 2. The summed E-state index contributed by atoms with van der Waals surface area (Å²) in [5.41, 5.74) is 11.5. The van der Waals surface area contributed by atoms with Gasteiger partial charge in [0.2, 0.25) is 11.9 Å². The van der Waals surface area contributed by atoms with Crippen molar-refractivity contribution in [2.24, 2.45) is 0 Å². The van der Waals surface area contributed by atoms with Gasteiger partial charge in [-0.3, -0.25) is 0 Å². The van der Waals surface area contributed by atoms with E-state index in [0.717, 1.165) is 99.5 Å². The second kappa shape index (κ2) is 32.5. The molecule has 0 amide bonds. The van der Waals surface area contributed by atoms with Crippen molar-refractivity contribution in [1.29, 1.82) is 0 Å². The van der Waals surface area contributed by atoms with Crippen molar-refractivity contribution in [2.45, 2.75) is 179 Å². The summed E-state index contributed by atoms with van der Waals surface area (Å²) >= 11 is 24.5. The van der Waals surface area contributed by atoms with Crippen LogP contribution in [0.25, 0.3) is 0 Å². The molecule has 4 aromatic carbocycles. The lowest BCUT2D eigenvalue weighted by atomic mass is 9.94. The van der Waals surface area contributed by atoms with E-state index in [0.29, 0.717) is 38.9 Å². The molecular weight excluding hydrogens is 1130 g/mol. The molecule has 0 atom stereocenters. The summed E-state index contributed by atoms with van der Waals surface area (Å²) in [7, 11) is 2.19. The molecular formula is C65H86Cl4N10O4. The number of halogens is 4. The minimum Gasteiger partial charge on any atom is -0.506 e. The molecule has 5 aliphatic rings. The van der Waals surface area contributed by atoms with E-state index in [2.05, 4.69) is 84.4 Å². The molecule has 2 saturated heterocycles. The number of aromatic nitrogens is 4. The summed E-state index contributed by atoms with van der Waals surface area (Å²) in [5, 5.41) is 27.3. The van der Waals surface area contributed by atoms with Gasteiger partial charge in [-0.25, -0.2) is 19.9 Å². The van der Waals surface area contributed by atoms with Crippen molar-refractivity contribution in [3.05, 3.63) is 129 Å². The van der Waals surface area contributed by atoms with E-state index in [1.165, 1.54) is 125 Å². The van der Waals surface area contributed by atoms with Gasteiger partial charge >= 0.3 is 0 Å². The van der Waals surface area contributed by atoms with Crippen LogP contribution in [0.4, 0.5) is 34.6 Å². The van der Waals surface area contributed by atoms with E-state index in [1.807, 2.05) is 49.1 Å². The molecule has 2 aliphatic heterocycles. The van der Waals surface area contributed by atoms with Crippen LogP contribution in [0.1, 0.15) is 147 Å². The molecule has 14 nitrogen and oxygen atoms in total. The molecule has 3 saturated carbocycles. The van der Waals surface area contributed by atoms with Gasteiger partial charge in [-0.2, -0.15) is 0 Å². The lowest BCUT2D eigenvalue weighted by Crippen LogP contribution is -2.39. The molecule has 0 radical (unpaired) electrons. The second-order valence-corrected chi connectivity index (χ2v) is 24.2. The van der Waals surface area contributed by atoms with Crippen molar-refractivity contribution >= 4 is 81.0 Å². The Bertz CT molecular complexity index is 2890. The zero-order valence-corrected chi connectivity index (χ0v) is 51.8. The van der Waals surface area contributed by atoms with E-state index in [9.17, 15) is 5.11 Å². The van der Waals surface area contributed by atoms with Gasteiger partial charge in [0.25, 0.3) is 0 Å². The number of nitrogen functional groups attached to an aromatic ring is 1. The average molecular weight is 1210 g/mol. The third-order valence-corrected chi connectivity index (χ3v) is 17.7. The maximum absolute atomic E-state index is 9.29. The molecule has 0 unspecified atom stereocenters. The van der Waals surface area contributed by atoms with Crippen LogP contribution < -0.4 is 40.5 Å². The van der Waals surface area contributed by atoms with E-state index >= 15 is 0 Å². The van der Waals surface area contributed by atoms with Crippen molar-refractivity contribution in [3.63, 3.8) is 0 Å². The van der Waals surface area contributed by atoms with E-state index in [-0.39, 0.29) is 28.7 Å². The molecule has 5 fully saturated rings. The predicted molar refractivity (Wildman–Crippen MR) is 344 cm³/mol. The van der Waals surface area contributed by atoms with Crippen molar-refractivity contribution in [3.8, 4) is 23.0 Å². The largest absolute Gasteiger partial charge is 0.506 e. The molecule has 11 rings (SSSR count). The van der Waals surface area contributed by atoms with Crippen molar-refractivity contribution < 1.29 is 19.7 Å². The molecule has 4 heterocycles. The standard InChI is InChI=1S/C24H33ClN4O.C23H31ClN4O.C12H16ClNO.C6H6ClNO/c1-3-18-16-26-24(27-17-18)29-13-11-21(12-14-29)30-23-10-9-20(15-22(23)25)28(2)19-7-5-4-6-8-19;1-2-17-15-25-23(26-16-17)28-12-10-20(11-13-28)29-22-9-8-19(14-21(22)24)27-18-6-4-3-5-7-18;13-11-8-10(6-7-12(11)15)14-9-4-2-1-3-5-9;7-5-3-4(8)1-2-6(5)9/h9-10,15-17,19,21H,3-8,11-14H2,1-2H3;8-9,14-16,18,20,27H,2-7,10-13H2,1H3;6-9,14-15H,1-5H2;1-3,9H,8H2. The average Bonchev–Trinajstić information content (AvgIpc) is 3.54. The van der Waals surface area contributed by atoms with Gasteiger partial charge in [0.1, 0.15) is 35.2 Å². The molecule has 83 heavy (non-hydrogen) atoms. The highest BCUT2D eigenvalue weighted by Crippen LogP contribution is 2.36. The van der Waals surface area contributed by atoms with Gasteiger partial charge in [0.05, 0.1) is 20.1 Å². The van der Waals surface area contributed by atoms with Gasteiger partial charge in [0, 0.05) is 125 Å². The highest BCUT2D eigenvalue weighted by molar-refractivity contribution is 6.33. The van der Waals surface area contributed by atoms with Crippen LogP contribution in [0, 0.1) is 0 Å². The highest BCUT2D eigenvalue weighted by Gasteiger charge is 2.26. The minimum absolute atomic E-state index is 0.0610. The molecule has 2 aromatic heterocycles. The SMILES string of the molecule is CCc1cnc(N2CCC(Oc3ccc(N(C)C4CCCCC4)cc3Cl)CC2)nc1.CCc1cnc(N2CCC(Oc3ccc(NC4CCCCC4)cc3Cl)CC2)nc1.Nc1ccc(O)c(Cl)c1.Oc1ccc(NC2CCCCC2)cc1Cl. The topological polar surface area (TPSA) is 170 Å². The Morgan fingerprint density at radius 2 is 0.904 bits per heavy atom. The predicted octanol–water partition coefficient (Wildman–Crippen LogP) is 16.4. The number of benzene rings is 4. The zero-order chi connectivity index (χ0) is 58.5. The number of hydrogen-bond acceptors (Lipinski definition) is 14. The fraction of sp³-hybridized carbons (Fsp3) is 0.508. The number of rotatable bonds is 14. The summed E-state index contributed by atoms with van der Waals surface area (Å²) in [5.74, 6) is 3.41. The first-order valence-electron chi connectivity index (χ1n) is 30.3. The number of piperidine rings is 2. The first-order valence-corrected chi connectivity index (χ1v) is 31.8. The summed E-state index contributed by atoms with van der Waals surface area (Å²) in [4.78, 5) is 24.9. The number of anilines is 6. The highest BCUT2D eigenvalue weighted by atomic mass is 35.5. The monoisotopic (exact) mass is 1210 g/mol. The first-order chi connectivity index (χ1) is 40.3. The van der Waals surface area contributed by atoms with Crippen LogP contribution in [0.3, 0.4) is 0 Å². The third kappa shape index (κ3) is 19.6. The Morgan fingerprint density at radius 3 is 1.31 bits per heavy atom. The van der Waals surface area contributed by atoms with Gasteiger partial charge in [-0.05, 0) is 135 Å². The summed E-state index contributed by atoms with van der Waals surface area (Å²) in [6.07, 6.45) is 33.3. The molecule has 6 N–H and O–H groups in total. The molecule has 3 aliphatic carbocycles. The van der Waals surface area contributed by atoms with Gasteiger partial charge < -0.3 is 50.8 Å². The Balaban J connectivity index is 0.000000157. The Kier molecular flexibility index (Phi) is 24.7. The molecule has 18 heteroatoms. The van der Waals surface area contributed by atoms with Crippen molar-refractivity contribution in [2.75, 3.05) is 64.3 Å². The number of nitrogens with one attached hydrogen (secondary N) is 2. The molecule has 0 spiro atoms. The number of aryl methyl sites for hydroxylation is 2. The quantitative estimate of drug-likeness (QED) is 0.0516. The maximum atomic E-state index is 9.29. The number of nitrogens with zero attached hydrogens (tertiary/aromatic N) is 7. The van der Waals surface area contributed by atoms with Gasteiger partial charge in [-0.1, -0.05) is 118 Å². The van der Waals surface area contributed by atoms with Crippen LogP contribution in [-0.2, 0) is 12.8 Å². The maximum Gasteiger partial charge on any atom is 0.225 e. The van der Waals surface area contributed by atoms with Crippen LogP contribution in [-0.4, -0.2) is 93.7 Å². The Morgan fingerprint density at radius 1 is 0.506 bits per heavy atom. The van der Waals surface area contributed by atoms with Gasteiger partial charge in [0.15, 0.2) is 0 Å². The summed E-state index contributed by atoms with van der Waals surface area (Å²) in [6, 6.07) is 23.9. The summed E-state index contributed by atoms with van der Waals surface area (Å²) < 4.78 is 12.5. The number of aromatic hydroxyl groups is 2. The van der Waals surface area contributed by atoms with E-state index < -0.39 is 0 Å². The number of hydrogen-bond donors (Lipinski definition) is 5. The fourth-order valence-corrected chi connectivity index (χ4v) is 12.2. The van der Waals surface area contributed by atoms with Crippen LogP contribution in [0.15, 0.2) is 97.6 Å². The zero-order valence-electron chi connectivity index (χ0n) is 48.7. The van der Waals surface area contributed by atoms with E-state index in [1.54, 1.807) is 18.2 Å². The molecule has 448 valence electrons. The second-order valence-electron chi connectivity index (χ2n) is 22.6. The van der Waals surface area contributed by atoms with Crippen LogP contribution >= 0.6 is 46.4 Å². The lowest BCUT2D eigenvalue weighted by Gasteiger charge is -2.34. The van der Waals surface area contributed by atoms with Crippen LogP contribution in [0.2, 0.25) is 20.1 Å². The first kappa shape index (κ1) is 63.2. The lowest BCUT2D eigenvalue weighted by molar-refractivity contribution is 0.170. The van der Waals surface area contributed by atoms with E-state index in [4.69, 9.17) is 66.7 Å². The Labute approximate surface area is 512 Å². The van der Waals surface area contributed by atoms with Gasteiger partial charge in [-0.15, -0.1) is 0 Å². The number of phenols is 2. The smallest absolute Gasteiger partial charge is 0.225 e. The molecule has 0 bridgehead atoms. The minimum atomic E-state index is 0.0610. The molecule has 6 aromatic rings. The summed E-state index contributed by atoms with van der Waals surface area (Å²) in [6.45, 7) is 7.83. The third-order valence-electron chi connectivity index (χ3n) is 16.5. The van der Waals surface area contributed by atoms with Crippen molar-refractivity contribution in [1.82, 2.24) is 19.9 Å². The number of nitrogens with two attached hydrogens (primary N) is 1. The Hall–Kier alpha value is -5.80. The fourth-order valence-electron chi connectivity index (χ4n) is 11.3. The van der Waals surface area contributed by atoms with Crippen LogP contribution in [0.5, 0.6) is 23.0 Å². The normalized spacial score (nSPS) is 17.4.